The molecule has 1 heterocycles. The molecule has 0 aliphatic carbocycles. The number of aryl methyl sites for hydroxylation is 1. The lowest BCUT2D eigenvalue weighted by molar-refractivity contribution is 0.102. The van der Waals surface area contributed by atoms with E-state index in [1.54, 1.807) is 30.8 Å². The molecule has 27 heavy (non-hydrogen) atoms. The van der Waals surface area contributed by atoms with Gasteiger partial charge in [-0.05, 0) is 55.3 Å². The summed E-state index contributed by atoms with van der Waals surface area (Å²) in [4.78, 5) is 14.0. The Balaban J connectivity index is 1.89. The molecule has 144 valence electrons. The Hall–Kier alpha value is -1.83. The minimum Gasteiger partial charge on any atom is -0.321 e. The van der Waals surface area contributed by atoms with Crippen LogP contribution in [0.4, 0.5) is 5.69 Å². The molecule has 0 radical (unpaired) electrons. The summed E-state index contributed by atoms with van der Waals surface area (Å²) >= 11 is 1.65. The Bertz CT molecular complexity index is 936. The number of nitrogens with one attached hydrogen (secondary N) is 1. The number of rotatable bonds is 6. The lowest BCUT2D eigenvalue weighted by Gasteiger charge is -2.18. The van der Waals surface area contributed by atoms with Gasteiger partial charge < -0.3 is 5.32 Å². The summed E-state index contributed by atoms with van der Waals surface area (Å²) in [5.74, 6) is 0.590. The Morgan fingerprint density at radius 2 is 1.85 bits per heavy atom. The minimum absolute atomic E-state index is 0.216. The number of benzene rings is 2. The maximum atomic E-state index is 12.9. The Labute approximate surface area is 165 Å². The molecule has 0 aromatic heterocycles. The summed E-state index contributed by atoms with van der Waals surface area (Å²) < 4.78 is 27.3. The van der Waals surface area contributed by atoms with Gasteiger partial charge in [0.2, 0.25) is 10.0 Å². The second-order valence-electron chi connectivity index (χ2n) is 6.47. The van der Waals surface area contributed by atoms with Gasteiger partial charge in [-0.1, -0.05) is 25.1 Å². The smallest absolute Gasteiger partial charge is 0.255 e. The predicted molar refractivity (Wildman–Crippen MR) is 110 cm³/mol. The number of amides is 1. The van der Waals surface area contributed by atoms with Crippen LogP contribution in [0.5, 0.6) is 0 Å². The van der Waals surface area contributed by atoms with Crippen LogP contribution in [0.3, 0.4) is 0 Å². The lowest BCUT2D eigenvalue weighted by Crippen LogP contribution is -2.28. The van der Waals surface area contributed by atoms with Gasteiger partial charge in [-0.2, -0.15) is 4.31 Å². The molecule has 2 aromatic rings. The first-order valence-electron chi connectivity index (χ1n) is 9.07. The highest BCUT2D eigenvalue weighted by Crippen LogP contribution is 2.28. The number of thioether (sulfide) groups is 1. The van der Waals surface area contributed by atoms with E-state index >= 15 is 0 Å². The average molecular weight is 405 g/mol. The summed E-state index contributed by atoms with van der Waals surface area (Å²) in [5.41, 5.74) is 1.73. The molecule has 7 heteroatoms. The van der Waals surface area contributed by atoms with Gasteiger partial charge in [0.05, 0.1) is 10.6 Å². The molecule has 0 saturated carbocycles. The first-order valence-corrected chi connectivity index (χ1v) is 11.5. The number of carbonyl (C=O) groups excluding carboxylic acids is 1. The monoisotopic (exact) mass is 404 g/mol. The molecule has 3 rings (SSSR count). The summed E-state index contributed by atoms with van der Waals surface area (Å²) in [6, 6.07) is 12.5. The highest BCUT2D eigenvalue weighted by atomic mass is 32.2. The van der Waals surface area contributed by atoms with Gasteiger partial charge in [0.1, 0.15) is 0 Å². The molecule has 1 N–H and O–H groups in total. The van der Waals surface area contributed by atoms with E-state index in [0.717, 1.165) is 29.2 Å². The zero-order chi connectivity index (χ0) is 19.4. The van der Waals surface area contributed by atoms with Crippen LogP contribution >= 0.6 is 11.8 Å². The maximum Gasteiger partial charge on any atom is 0.255 e. The van der Waals surface area contributed by atoms with Crippen LogP contribution in [0.25, 0.3) is 0 Å². The molecule has 5 nitrogen and oxygen atoms in total. The number of para-hydroxylation sites is 1. The van der Waals surface area contributed by atoms with E-state index in [1.807, 2.05) is 24.3 Å². The molecule has 0 spiro atoms. The summed E-state index contributed by atoms with van der Waals surface area (Å²) in [6.45, 7) is 4.90. The van der Waals surface area contributed by atoms with Crippen LogP contribution in [-0.2, 0) is 10.0 Å². The Morgan fingerprint density at radius 1 is 1.15 bits per heavy atom. The molecular formula is C20H24N2O3S2. The van der Waals surface area contributed by atoms with Crippen molar-refractivity contribution in [3.63, 3.8) is 0 Å². The van der Waals surface area contributed by atoms with Gasteiger partial charge in [-0.25, -0.2) is 8.42 Å². The first kappa shape index (κ1) is 19.9. The SMILES string of the molecule is CCSc1ccccc1NC(=O)c1ccc(C)c(S(=O)(=O)N2CCCC2)c1. The third kappa shape index (κ3) is 4.36. The largest absolute Gasteiger partial charge is 0.321 e. The minimum atomic E-state index is -3.57. The van der Waals surface area contributed by atoms with Crippen molar-refractivity contribution in [2.75, 3.05) is 24.2 Å². The van der Waals surface area contributed by atoms with Crippen molar-refractivity contribution in [3.8, 4) is 0 Å². The van der Waals surface area contributed by atoms with Gasteiger partial charge in [0, 0.05) is 23.5 Å². The van der Waals surface area contributed by atoms with Crippen molar-refractivity contribution < 1.29 is 13.2 Å². The van der Waals surface area contributed by atoms with Gasteiger partial charge in [-0.3, -0.25) is 4.79 Å². The van der Waals surface area contributed by atoms with Gasteiger partial charge in [0.15, 0.2) is 0 Å². The summed E-state index contributed by atoms with van der Waals surface area (Å²) in [6.07, 6.45) is 1.76. The first-order chi connectivity index (χ1) is 12.9. The normalized spacial score (nSPS) is 15.0. The van der Waals surface area contributed by atoms with E-state index in [9.17, 15) is 13.2 Å². The number of carbonyl (C=O) groups is 1. The fraction of sp³-hybridized carbons (Fsp3) is 0.350. The average Bonchev–Trinajstić information content (AvgIpc) is 3.19. The van der Waals surface area contributed by atoms with Crippen molar-refractivity contribution in [1.82, 2.24) is 4.31 Å². The lowest BCUT2D eigenvalue weighted by atomic mass is 10.1. The summed E-state index contributed by atoms with van der Waals surface area (Å²) in [5, 5.41) is 2.91. The summed E-state index contributed by atoms with van der Waals surface area (Å²) in [7, 11) is -3.57. The molecule has 1 aliphatic heterocycles. The van der Waals surface area contributed by atoms with E-state index in [-0.39, 0.29) is 10.8 Å². The van der Waals surface area contributed by atoms with Crippen LogP contribution < -0.4 is 5.32 Å². The van der Waals surface area contributed by atoms with Crippen molar-refractivity contribution in [2.24, 2.45) is 0 Å². The van der Waals surface area contributed by atoms with Gasteiger partial charge >= 0.3 is 0 Å². The molecule has 2 aromatic carbocycles. The van der Waals surface area contributed by atoms with Gasteiger partial charge in [-0.15, -0.1) is 11.8 Å². The predicted octanol–water partition coefficient (Wildman–Crippen LogP) is 4.14. The fourth-order valence-electron chi connectivity index (χ4n) is 3.13. The fourth-order valence-corrected chi connectivity index (χ4v) is 5.66. The number of hydrogen-bond donors (Lipinski definition) is 1. The molecular weight excluding hydrogens is 380 g/mol. The van der Waals surface area contributed by atoms with Crippen LogP contribution in [0.1, 0.15) is 35.7 Å². The van der Waals surface area contributed by atoms with Crippen LogP contribution in [0.15, 0.2) is 52.3 Å². The Kier molecular flexibility index (Phi) is 6.24. The highest BCUT2D eigenvalue weighted by molar-refractivity contribution is 7.99. The topological polar surface area (TPSA) is 66.5 Å². The maximum absolute atomic E-state index is 12.9. The van der Waals surface area contributed by atoms with Crippen molar-refractivity contribution >= 4 is 33.4 Å². The van der Waals surface area contributed by atoms with Gasteiger partial charge in [0.25, 0.3) is 5.91 Å². The van der Waals surface area contributed by atoms with E-state index in [4.69, 9.17) is 0 Å². The highest BCUT2D eigenvalue weighted by Gasteiger charge is 2.29. The van der Waals surface area contributed by atoms with Crippen LogP contribution in [0, 0.1) is 6.92 Å². The van der Waals surface area contributed by atoms with E-state index in [0.29, 0.717) is 24.2 Å². The molecule has 1 amide bonds. The molecule has 0 atom stereocenters. The zero-order valence-corrected chi connectivity index (χ0v) is 17.2. The number of nitrogens with zero attached hydrogens (tertiary/aromatic N) is 1. The molecule has 1 fully saturated rings. The van der Waals surface area contributed by atoms with Crippen LogP contribution in [0.2, 0.25) is 0 Å². The molecule has 1 aliphatic rings. The zero-order valence-electron chi connectivity index (χ0n) is 15.6. The molecule has 0 bridgehead atoms. The van der Waals surface area contributed by atoms with E-state index in [2.05, 4.69) is 12.2 Å². The second-order valence-corrected chi connectivity index (χ2v) is 9.69. The molecule has 1 saturated heterocycles. The molecule has 0 unspecified atom stereocenters. The number of anilines is 1. The van der Waals surface area contributed by atoms with Crippen molar-refractivity contribution in [2.45, 2.75) is 36.5 Å². The second kappa shape index (κ2) is 8.46. The number of sulfonamides is 1. The standard InChI is InChI=1S/C20H24N2O3S2/c1-3-26-18-9-5-4-8-17(18)21-20(23)16-11-10-15(2)19(14-16)27(24,25)22-12-6-7-13-22/h4-5,8-11,14H,3,6-7,12-13H2,1-2H3,(H,21,23). The van der Waals surface area contributed by atoms with E-state index < -0.39 is 10.0 Å². The number of hydrogen-bond acceptors (Lipinski definition) is 4. The third-order valence-electron chi connectivity index (χ3n) is 4.57. The van der Waals surface area contributed by atoms with E-state index in [1.165, 1.54) is 10.4 Å². The van der Waals surface area contributed by atoms with Crippen molar-refractivity contribution in [3.05, 3.63) is 53.6 Å². The van der Waals surface area contributed by atoms with Crippen LogP contribution in [-0.4, -0.2) is 37.5 Å². The quantitative estimate of drug-likeness (QED) is 0.735. The Morgan fingerprint density at radius 3 is 2.56 bits per heavy atom. The third-order valence-corrected chi connectivity index (χ3v) is 7.56. The van der Waals surface area contributed by atoms with Crippen molar-refractivity contribution in [1.29, 1.82) is 0 Å².